The molecule has 1 amide bonds. The van der Waals surface area contributed by atoms with Crippen molar-refractivity contribution in [2.24, 2.45) is 5.73 Å². The lowest BCUT2D eigenvalue weighted by atomic mass is 10.1. The van der Waals surface area contributed by atoms with Gasteiger partial charge in [-0.15, -0.1) is 0 Å². The predicted octanol–water partition coefficient (Wildman–Crippen LogP) is 1.87. The fourth-order valence-corrected chi connectivity index (χ4v) is 1.86. The second-order valence-electron chi connectivity index (χ2n) is 4.75. The Morgan fingerprint density at radius 2 is 2.05 bits per heavy atom. The number of carbonyl (C=O) groups excluding carboxylic acids is 1. The molecule has 0 saturated carbocycles. The van der Waals surface area contributed by atoms with E-state index in [0.717, 1.165) is 25.0 Å². The van der Waals surface area contributed by atoms with Crippen LogP contribution in [-0.4, -0.2) is 25.6 Å². The predicted molar refractivity (Wildman–Crippen MR) is 77.2 cm³/mol. The Bertz CT molecular complexity index is 376. The minimum absolute atomic E-state index is 0.0904. The summed E-state index contributed by atoms with van der Waals surface area (Å²) in [7, 11) is 1.66. The minimum atomic E-state index is 0.0904. The van der Waals surface area contributed by atoms with Gasteiger partial charge in [0, 0.05) is 12.5 Å². The minimum Gasteiger partial charge on any atom is -0.497 e. The highest BCUT2D eigenvalue weighted by atomic mass is 16.5. The number of rotatable bonds is 8. The monoisotopic (exact) mass is 264 g/mol. The maximum atomic E-state index is 11.5. The molecule has 4 nitrogen and oxygen atoms in total. The molecular formula is C15H24N2O2. The molecule has 19 heavy (non-hydrogen) atoms. The van der Waals surface area contributed by atoms with Gasteiger partial charge in [-0.25, -0.2) is 0 Å². The summed E-state index contributed by atoms with van der Waals surface area (Å²) in [6.45, 7) is 2.59. The lowest BCUT2D eigenvalue weighted by molar-refractivity contribution is -0.121. The summed E-state index contributed by atoms with van der Waals surface area (Å²) in [6.07, 6.45) is 3.14. The topological polar surface area (TPSA) is 64.3 Å². The average molecular weight is 264 g/mol. The van der Waals surface area contributed by atoms with Crippen molar-refractivity contribution in [3.05, 3.63) is 29.8 Å². The van der Waals surface area contributed by atoms with E-state index in [2.05, 4.69) is 17.4 Å². The fourth-order valence-electron chi connectivity index (χ4n) is 1.86. The van der Waals surface area contributed by atoms with Crippen LogP contribution in [0.3, 0.4) is 0 Å². The summed E-state index contributed by atoms with van der Waals surface area (Å²) in [5.74, 6) is 0.958. The van der Waals surface area contributed by atoms with Crippen molar-refractivity contribution in [2.45, 2.75) is 38.6 Å². The van der Waals surface area contributed by atoms with Crippen LogP contribution >= 0.6 is 0 Å². The van der Waals surface area contributed by atoms with Gasteiger partial charge in [0.2, 0.25) is 5.91 Å². The summed E-state index contributed by atoms with van der Waals surface area (Å²) in [5, 5.41) is 2.99. The van der Waals surface area contributed by atoms with Crippen LogP contribution in [0.4, 0.5) is 0 Å². The van der Waals surface area contributed by atoms with Gasteiger partial charge in [-0.05, 0) is 50.4 Å². The first-order valence-electron chi connectivity index (χ1n) is 6.78. The van der Waals surface area contributed by atoms with Crippen molar-refractivity contribution in [2.75, 3.05) is 13.7 Å². The Labute approximate surface area is 115 Å². The Balaban J connectivity index is 2.28. The zero-order valence-corrected chi connectivity index (χ0v) is 11.8. The molecule has 0 saturated heterocycles. The number of benzene rings is 1. The van der Waals surface area contributed by atoms with Crippen LogP contribution in [0.1, 0.15) is 31.7 Å². The molecule has 3 N–H and O–H groups in total. The molecule has 1 unspecified atom stereocenters. The molecule has 1 atom stereocenters. The second kappa shape index (κ2) is 8.53. The van der Waals surface area contributed by atoms with Gasteiger partial charge in [0.05, 0.1) is 7.11 Å². The van der Waals surface area contributed by atoms with Crippen LogP contribution in [0.5, 0.6) is 5.75 Å². The first-order valence-corrected chi connectivity index (χ1v) is 6.78. The average Bonchev–Trinajstić information content (AvgIpc) is 2.43. The molecule has 4 heteroatoms. The zero-order chi connectivity index (χ0) is 14.1. The molecular weight excluding hydrogens is 240 g/mol. The summed E-state index contributed by atoms with van der Waals surface area (Å²) in [5.41, 5.74) is 6.63. The van der Waals surface area contributed by atoms with Crippen LogP contribution in [0.2, 0.25) is 0 Å². The number of hydrogen-bond acceptors (Lipinski definition) is 3. The number of nitrogens with one attached hydrogen (secondary N) is 1. The van der Waals surface area contributed by atoms with Gasteiger partial charge in [-0.1, -0.05) is 12.1 Å². The smallest absolute Gasteiger partial charge is 0.220 e. The van der Waals surface area contributed by atoms with Crippen molar-refractivity contribution in [3.63, 3.8) is 0 Å². The van der Waals surface area contributed by atoms with Crippen molar-refractivity contribution >= 4 is 5.91 Å². The van der Waals surface area contributed by atoms with Gasteiger partial charge in [-0.3, -0.25) is 4.79 Å². The van der Waals surface area contributed by atoms with E-state index in [-0.39, 0.29) is 11.9 Å². The summed E-state index contributed by atoms with van der Waals surface area (Å²) in [6, 6.07) is 8.22. The molecule has 0 aromatic heterocycles. The van der Waals surface area contributed by atoms with E-state index < -0.39 is 0 Å². The highest BCUT2D eigenvalue weighted by Crippen LogP contribution is 2.13. The van der Waals surface area contributed by atoms with E-state index in [0.29, 0.717) is 13.0 Å². The van der Waals surface area contributed by atoms with Gasteiger partial charge in [0.1, 0.15) is 5.75 Å². The molecule has 0 aliphatic rings. The SMILES string of the molecule is COc1ccc(CCC(C)NC(=O)CCCN)cc1. The van der Waals surface area contributed by atoms with Gasteiger partial charge < -0.3 is 15.8 Å². The molecule has 0 radical (unpaired) electrons. The van der Waals surface area contributed by atoms with Gasteiger partial charge in [-0.2, -0.15) is 0 Å². The first kappa shape index (κ1) is 15.5. The van der Waals surface area contributed by atoms with E-state index in [1.54, 1.807) is 7.11 Å². The molecule has 0 aliphatic heterocycles. The third-order valence-electron chi connectivity index (χ3n) is 3.04. The van der Waals surface area contributed by atoms with Gasteiger partial charge >= 0.3 is 0 Å². The Morgan fingerprint density at radius 1 is 1.37 bits per heavy atom. The molecule has 1 aromatic carbocycles. The molecule has 0 bridgehead atoms. The van der Waals surface area contributed by atoms with Crippen LogP contribution in [-0.2, 0) is 11.2 Å². The van der Waals surface area contributed by atoms with Crippen molar-refractivity contribution in [1.82, 2.24) is 5.32 Å². The Morgan fingerprint density at radius 3 is 2.63 bits per heavy atom. The molecule has 0 fully saturated rings. The maximum Gasteiger partial charge on any atom is 0.220 e. The first-order chi connectivity index (χ1) is 9.15. The quantitative estimate of drug-likeness (QED) is 0.753. The maximum absolute atomic E-state index is 11.5. The van der Waals surface area contributed by atoms with E-state index in [1.807, 2.05) is 19.1 Å². The summed E-state index contributed by atoms with van der Waals surface area (Å²) >= 11 is 0. The third-order valence-corrected chi connectivity index (χ3v) is 3.04. The number of amides is 1. The zero-order valence-electron chi connectivity index (χ0n) is 11.8. The van der Waals surface area contributed by atoms with Crippen LogP contribution in [0.25, 0.3) is 0 Å². The van der Waals surface area contributed by atoms with Crippen molar-refractivity contribution in [1.29, 1.82) is 0 Å². The largest absolute Gasteiger partial charge is 0.497 e. The van der Waals surface area contributed by atoms with Gasteiger partial charge in [0.25, 0.3) is 0 Å². The highest BCUT2D eigenvalue weighted by molar-refractivity contribution is 5.76. The van der Waals surface area contributed by atoms with Crippen molar-refractivity contribution < 1.29 is 9.53 Å². The Hall–Kier alpha value is -1.55. The van der Waals surface area contributed by atoms with E-state index >= 15 is 0 Å². The lowest BCUT2D eigenvalue weighted by Crippen LogP contribution is -2.33. The number of nitrogens with two attached hydrogens (primary N) is 1. The van der Waals surface area contributed by atoms with Crippen LogP contribution in [0.15, 0.2) is 24.3 Å². The van der Waals surface area contributed by atoms with Gasteiger partial charge in [0.15, 0.2) is 0 Å². The lowest BCUT2D eigenvalue weighted by Gasteiger charge is -2.13. The van der Waals surface area contributed by atoms with Crippen LogP contribution in [0, 0.1) is 0 Å². The third kappa shape index (κ3) is 6.25. The molecule has 1 aromatic rings. The number of aryl methyl sites for hydroxylation is 1. The highest BCUT2D eigenvalue weighted by Gasteiger charge is 2.07. The standard InChI is InChI=1S/C15H24N2O2/c1-12(17-15(18)4-3-11-16)5-6-13-7-9-14(19-2)10-8-13/h7-10,12H,3-6,11,16H2,1-2H3,(H,17,18). The van der Waals surface area contributed by atoms with Crippen molar-refractivity contribution in [3.8, 4) is 5.75 Å². The van der Waals surface area contributed by atoms with E-state index in [1.165, 1.54) is 5.56 Å². The number of hydrogen-bond donors (Lipinski definition) is 2. The van der Waals surface area contributed by atoms with E-state index in [9.17, 15) is 4.79 Å². The van der Waals surface area contributed by atoms with Crippen LogP contribution < -0.4 is 15.8 Å². The molecule has 0 spiro atoms. The summed E-state index contributed by atoms with van der Waals surface area (Å²) < 4.78 is 5.12. The number of ether oxygens (including phenoxy) is 1. The van der Waals surface area contributed by atoms with E-state index in [4.69, 9.17) is 10.5 Å². The molecule has 1 rings (SSSR count). The molecule has 106 valence electrons. The molecule has 0 aliphatic carbocycles. The summed E-state index contributed by atoms with van der Waals surface area (Å²) in [4.78, 5) is 11.5. The number of carbonyl (C=O) groups is 1. The second-order valence-corrected chi connectivity index (χ2v) is 4.75. The number of methoxy groups -OCH3 is 1. The Kier molecular flexibility index (Phi) is 6.97. The normalized spacial score (nSPS) is 11.9. The molecule has 0 heterocycles. The fraction of sp³-hybridized carbons (Fsp3) is 0.533.